The van der Waals surface area contributed by atoms with Gasteiger partial charge in [-0.3, -0.25) is 4.79 Å². The highest BCUT2D eigenvalue weighted by Crippen LogP contribution is 2.19. The molecule has 0 aliphatic carbocycles. The zero-order valence-corrected chi connectivity index (χ0v) is 12.0. The molecule has 1 unspecified atom stereocenters. The summed E-state index contributed by atoms with van der Waals surface area (Å²) in [6.45, 7) is 6.77. The lowest BCUT2D eigenvalue weighted by atomic mass is 9.94. The lowest BCUT2D eigenvalue weighted by molar-refractivity contribution is -0.131. The third kappa shape index (κ3) is 5.21. The number of nitrogens with two attached hydrogens (primary N) is 1. The maximum absolute atomic E-state index is 12.1. The molecule has 0 spiro atoms. The topological polar surface area (TPSA) is 46.3 Å². The first-order valence-electron chi connectivity index (χ1n) is 7.30. The lowest BCUT2D eigenvalue weighted by Gasteiger charge is -2.27. The van der Waals surface area contributed by atoms with Gasteiger partial charge in [0.1, 0.15) is 0 Å². The molecule has 0 aromatic carbocycles. The van der Waals surface area contributed by atoms with Gasteiger partial charge in [0.2, 0.25) is 5.91 Å². The third-order valence-electron chi connectivity index (χ3n) is 3.72. The summed E-state index contributed by atoms with van der Waals surface area (Å²) in [5.41, 5.74) is 6.95. The van der Waals surface area contributed by atoms with Crippen molar-refractivity contribution in [3.63, 3.8) is 0 Å². The molecule has 0 radical (unpaired) electrons. The van der Waals surface area contributed by atoms with E-state index in [1.807, 2.05) is 4.90 Å². The molecule has 1 rings (SSSR count). The van der Waals surface area contributed by atoms with Crippen molar-refractivity contribution in [3.05, 3.63) is 11.6 Å². The summed E-state index contributed by atoms with van der Waals surface area (Å²) in [7, 11) is 0. The van der Waals surface area contributed by atoms with Crippen LogP contribution >= 0.6 is 0 Å². The van der Waals surface area contributed by atoms with Crippen molar-refractivity contribution in [1.29, 1.82) is 0 Å². The summed E-state index contributed by atoms with van der Waals surface area (Å²) in [4.78, 5) is 14.1. The molecule has 1 aliphatic rings. The van der Waals surface area contributed by atoms with Crippen molar-refractivity contribution in [1.82, 2.24) is 4.90 Å². The Hall–Kier alpha value is -0.830. The van der Waals surface area contributed by atoms with E-state index in [9.17, 15) is 4.79 Å². The van der Waals surface area contributed by atoms with Gasteiger partial charge in [-0.1, -0.05) is 31.4 Å². The summed E-state index contributed by atoms with van der Waals surface area (Å²) in [5.74, 6) is 0.950. The van der Waals surface area contributed by atoms with Crippen LogP contribution in [0.4, 0.5) is 0 Å². The number of hydrogen-bond acceptors (Lipinski definition) is 2. The molecule has 2 N–H and O–H groups in total. The Bertz CT molecular complexity index is 280. The van der Waals surface area contributed by atoms with Crippen molar-refractivity contribution in [3.8, 4) is 0 Å². The highest BCUT2D eigenvalue weighted by Gasteiger charge is 2.17. The fraction of sp³-hybridized carbons (Fsp3) is 0.800. The monoisotopic (exact) mass is 252 g/mol. The van der Waals surface area contributed by atoms with Crippen molar-refractivity contribution in [2.45, 2.75) is 52.4 Å². The highest BCUT2D eigenvalue weighted by molar-refractivity contribution is 5.76. The Labute approximate surface area is 111 Å². The Morgan fingerprint density at radius 1 is 1.44 bits per heavy atom. The molecule has 1 amide bonds. The number of hydrogen-bond donors (Lipinski definition) is 1. The summed E-state index contributed by atoms with van der Waals surface area (Å²) >= 11 is 0. The largest absolute Gasteiger partial charge is 0.338 e. The molecule has 0 aromatic rings. The van der Waals surface area contributed by atoms with E-state index in [1.54, 1.807) is 0 Å². The van der Waals surface area contributed by atoms with Gasteiger partial charge in [0.15, 0.2) is 0 Å². The van der Waals surface area contributed by atoms with Crippen LogP contribution in [0.3, 0.4) is 0 Å². The Morgan fingerprint density at radius 2 is 2.22 bits per heavy atom. The van der Waals surface area contributed by atoms with Gasteiger partial charge >= 0.3 is 0 Å². The van der Waals surface area contributed by atoms with Gasteiger partial charge < -0.3 is 10.6 Å². The normalized spacial score (nSPS) is 17.5. The van der Waals surface area contributed by atoms with E-state index in [4.69, 9.17) is 5.73 Å². The van der Waals surface area contributed by atoms with Gasteiger partial charge in [-0.2, -0.15) is 0 Å². The van der Waals surface area contributed by atoms with Gasteiger partial charge in [0, 0.05) is 19.5 Å². The number of amides is 1. The standard InChI is InChI=1S/C15H28N2O/c1-3-5-14(9-10-16)7-8-15(18)17-11-4-6-13(2)12-17/h6,14H,3-5,7-12,16H2,1-2H3. The quantitative estimate of drug-likeness (QED) is 0.708. The second kappa shape index (κ2) is 8.30. The third-order valence-corrected chi connectivity index (χ3v) is 3.72. The van der Waals surface area contributed by atoms with E-state index in [0.29, 0.717) is 18.2 Å². The van der Waals surface area contributed by atoms with Crippen LogP contribution in [0.1, 0.15) is 52.4 Å². The van der Waals surface area contributed by atoms with Gasteiger partial charge in [0.05, 0.1) is 0 Å². The van der Waals surface area contributed by atoms with Crippen molar-refractivity contribution < 1.29 is 4.79 Å². The smallest absolute Gasteiger partial charge is 0.222 e. The minimum absolute atomic E-state index is 0.320. The zero-order valence-electron chi connectivity index (χ0n) is 12.0. The molecule has 1 aliphatic heterocycles. The first-order chi connectivity index (χ1) is 8.67. The summed E-state index contributed by atoms with van der Waals surface area (Å²) < 4.78 is 0. The summed E-state index contributed by atoms with van der Waals surface area (Å²) in [6.07, 6.45) is 8.38. The van der Waals surface area contributed by atoms with Crippen molar-refractivity contribution >= 4 is 5.91 Å². The maximum atomic E-state index is 12.1. The highest BCUT2D eigenvalue weighted by atomic mass is 16.2. The molecule has 0 bridgehead atoms. The Morgan fingerprint density at radius 3 is 2.83 bits per heavy atom. The molecule has 0 fully saturated rings. The molecule has 104 valence electrons. The maximum Gasteiger partial charge on any atom is 0.222 e. The van der Waals surface area contributed by atoms with Crippen LogP contribution in [0.25, 0.3) is 0 Å². The van der Waals surface area contributed by atoms with E-state index in [-0.39, 0.29) is 0 Å². The molecule has 3 heteroatoms. The second-order valence-electron chi connectivity index (χ2n) is 5.43. The van der Waals surface area contributed by atoms with Gasteiger partial charge in [-0.25, -0.2) is 0 Å². The molecule has 1 atom stereocenters. The zero-order chi connectivity index (χ0) is 13.4. The average Bonchev–Trinajstić information content (AvgIpc) is 2.36. The molecular formula is C15H28N2O. The SMILES string of the molecule is CCCC(CCN)CCC(=O)N1CCC=C(C)C1. The van der Waals surface area contributed by atoms with E-state index in [1.165, 1.54) is 18.4 Å². The van der Waals surface area contributed by atoms with Crippen LogP contribution < -0.4 is 5.73 Å². The predicted octanol–water partition coefficient (Wildman–Crippen LogP) is 2.71. The first kappa shape index (κ1) is 15.2. The second-order valence-corrected chi connectivity index (χ2v) is 5.43. The van der Waals surface area contributed by atoms with Gasteiger partial charge in [-0.05, 0) is 38.6 Å². The molecule has 1 heterocycles. The van der Waals surface area contributed by atoms with Crippen LogP contribution in [0, 0.1) is 5.92 Å². The van der Waals surface area contributed by atoms with E-state index < -0.39 is 0 Å². The van der Waals surface area contributed by atoms with Crippen molar-refractivity contribution in [2.75, 3.05) is 19.6 Å². The molecule has 0 aromatic heterocycles. The molecule has 3 nitrogen and oxygen atoms in total. The fourth-order valence-electron chi connectivity index (χ4n) is 2.69. The minimum atomic E-state index is 0.320. The number of carbonyl (C=O) groups excluding carboxylic acids is 1. The molecule has 18 heavy (non-hydrogen) atoms. The Kier molecular flexibility index (Phi) is 7.02. The van der Waals surface area contributed by atoms with Crippen molar-refractivity contribution in [2.24, 2.45) is 11.7 Å². The van der Waals surface area contributed by atoms with Crippen LogP contribution in [-0.4, -0.2) is 30.4 Å². The summed E-state index contributed by atoms with van der Waals surface area (Å²) in [6, 6.07) is 0. The summed E-state index contributed by atoms with van der Waals surface area (Å²) in [5, 5.41) is 0. The molecule has 0 saturated heterocycles. The van der Waals surface area contributed by atoms with Crippen LogP contribution in [0.2, 0.25) is 0 Å². The fourth-order valence-corrected chi connectivity index (χ4v) is 2.69. The van der Waals surface area contributed by atoms with Gasteiger partial charge in [-0.15, -0.1) is 0 Å². The van der Waals surface area contributed by atoms with Crippen LogP contribution in [0.15, 0.2) is 11.6 Å². The first-order valence-corrected chi connectivity index (χ1v) is 7.30. The van der Waals surface area contributed by atoms with Gasteiger partial charge in [0.25, 0.3) is 0 Å². The lowest BCUT2D eigenvalue weighted by Crippen LogP contribution is -2.35. The number of carbonyl (C=O) groups is 1. The van der Waals surface area contributed by atoms with Crippen LogP contribution in [-0.2, 0) is 4.79 Å². The number of rotatable bonds is 7. The van der Waals surface area contributed by atoms with E-state index in [0.717, 1.165) is 38.9 Å². The molecular weight excluding hydrogens is 224 g/mol. The van der Waals surface area contributed by atoms with E-state index >= 15 is 0 Å². The Balaban J connectivity index is 2.32. The average molecular weight is 252 g/mol. The minimum Gasteiger partial charge on any atom is -0.338 e. The van der Waals surface area contributed by atoms with Crippen LogP contribution in [0.5, 0.6) is 0 Å². The predicted molar refractivity (Wildman–Crippen MR) is 76.3 cm³/mol. The molecule has 0 saturated carbocycles. The van der Waals surface area contributed by atoms with E-state index in [2.05, 4.69) is 19.9 Å². The number of nitrogens with zero attached hydrogens (tertiary/aromatic N) is 1.